The fraction of sp³-hybridized carbons (Fsp3) is 0.733. The highest BCUT2D eigenvalue weighted by Gasteiger charge is 2.52. The minimum absolute atomic E-state index is 0.00634. The van der Waals surface area contributed by atoms with E-state index in [4.69, 9.17) is 9.47 Å². The Morgan fingerprint density at radius 1 is 1.10 bits per heavy atom. The van der Waals surface area contributed by atoms with Gasteiger partial charge in [0.25, 0.3) is 0 Å². The Kier molecular flexibility index (Phi) is 5.36. The first-order chi connectivity index (χ1) is 10.1. The maximum Gasteiger partial charge on any atom is 0.307 e. The minimum atomic E-state index is -0.872. The van der Waals surface area contributed by atoms with E-state index in [1.807, 2.05) is 12.2 Å². The number of rotatable bonds is 8. The topological polar surface area (TPSA) is 76.1 Å². The number of carboxylic acid groups (broad SMARTS) is 1. The number of aliphatic carboxylic acids is 1. The molecule has 1 amide bonds. The Labute approximate surface area is 124 Å². The molecule has 1 N–H and O–H groups in total. The molecule has 1 saturated carbocycles. The van der Waals surface area contributed by atoms with Crippen LogP contribution in [0.15, 0.2) is 12.2 Å². The summed E-state index contributed by atoms with van der Waals surface area (Å²) in [7, 11) is 3.17. The number of methoxy groups -OCH3 is 2. The van der Waals surface area contributed by atoms with Gasteiger partial charge >= 0.3 is 5.97 Å². The summed E-state index contributed by atoms with van der Waals surface area (Å²) in [6, 6.07) is 0. The average Bonchev–Trinajstić information content (AvgIpc) is 3.07. The van der Waals surface area contributed by atoms with Crippen LogP contribution in [0.4, 0.5) is 0 Å². The zero-order valence-corrected chi connectivity index (χ0v) is 12.5. The summed E-state index contributed by atoms with van der Waals surface area (Å²) >= 11 is 0. The molecule has 0 radical (unpaired) electrons. The Morgan fingerprint density at radius 2 is 1.62 bits per heavy atom. The maximum absolute atomic E-state index is 12.8. The maximum atomic E-state index is 12.8. The highest BCUT2D eigenvalue weighted by Crippen LogP contribution is 2.48. The average molecular weight is 297 g/mol. The van der Waals surface area contributed by atoms with E-state index in [1.54, 1.807) is 19.1 Å². The molecule has 4 atom stereocenters. The predicted octanol–water partition coefficient (Wildman–Crippen LogP) is 0.631. The van der Waals surface area contributed by atoms with Gasteiger partial charge in [0.1, 0.15) is 0 Å². The van der Waals surface area contributed by atoms with Gasteiger partial charge in [-0.05, 0) is 18.3 Å². The third-order valence-electron chi connectivity index (χ3n) is 4.47. The summed E-state index contributed by atoms with van der Waals surface area (Å²) in [5.74, 6) is -1.97. The first-order valence-electron chi connectivity index (χ1n) is 7.28. The molecule has 2 bridgehead atoms. The van der Waals surface area contributed by atoms with Crippen molar-refractivity contribution in [3.05, 3.63) is 12.2 Å². The number of hydrogen-bond donors (Lipinski definition) is 1. The number of carboxylic acids is 1. The monoisotopic (exact) mass is 297 g/mol. The number of carbonyl (C=O) groups excluding carboxylic acids is 1. The molecule has 2 aliphatic carbocycles. The fourth-order valence-electron chi connectivity index (χ4n) is 3.44. The normalized spacial score (nSPS) is 29.8. The van der Waals surface area contributed by atoms with Gasteiger partial charge in [-0.2, -0.15) is 0 Å². The van der Waals surface area contributed by atoms with E-state index in [0.29, 0.717) is 26.3 Å². The predicted molar refractivity (Wildman–Crippen MR) is 75.7 cm³/mol. The van der Waals surface area contributed by atoms with Crippen LogP contribution in [-0.4, -0.2) is 62.4 Å². The van der Waals surface area contributed by atoms with E-state index in [9.17, 15) is 14.7 Å². The summed E-state index contributed by atoms with van der Waals surface area (Å²) in [5.41, 5.74) is 0. The van der Waals surface area contributed by atoms with Gasteiger partial charge in [-0.25, -0.2) is 0 Å². The summed E-state index contributed by atoms with van der Waals surface area (Å²) < 4.78 is 10.1. The third kappa shape index (κ3) is 3.27. The van der Waals surface area contributed by atoms with Gasteiger partial charge in [0.2, 0.25) is 5.91 Å². The molecule has 0 aromatic heterocycles. The molecule has 0 unspecified atom stereocenters. The molecule has 0 aromatic rings. The van der Waals surface area contributed by atoms with Crippen molar-refractivity contribution in [2.45, 2.75) is 6.42 Å². The first-order valence-corrected chi connectivity index (χ1v) is 7.28. The van der Waals surface area contributed by atoms with Crippen molar-refractivity contribution in [3.8, 4) is 0 Å². The number of nitrogens with zero attached hydrogens (tertiary/aromatic N) is 1. The van der Waals surface area contributed by atoms with Crippen molar-refractivity contribution < 1.29 is 24.2 Å². The van der Waals surface area contributed by atoms with Crippen LogP contribution in [-0.2, 0) is 19.1 Å². The number of amides is 1. The van der Waals surface area contributed by atoms with Crippen molar-refractivity contribution in [1.29, 1.82) is 0 Å². The van der Waals surface area contributed by atoms with Crippen LogP contribution < -0.4 is 0 Å². The van der Waals surface area contributed by atoms with Crippen molar-refractivity contribution in [2.24, 2.45) is 23.7 Å². The summed E-state index contributed by atoms with van der Waals surface area (Å²) in [6.45, 7) is 1.79. The quantitative estimate of drug-likeness (QED) is 0.665. The van der Waals surface area contributed by atoms with Crippen LogP contribution in [0.1, 0.15) is 6.42 Å². The summed E-state index contributed by atoms with van der Waals surface area (Å²) in [5, 5.41) is 9.43. The Balaban J connectivity index is 2.11. The van der Waals surface area contributed by atoms with E-state index < -0.39 is 17.8 Å². The lowest BCUT2D eigenvalue weighted by Crippen LogP contribution is -2.45. The molecule has 1 fully saturated rings. The van der Waals surface area contributed by atoms with Crippen LogP contribution in [0.3, 0.4) is 0 Å². The summed E-state index contributed by atoms with van der Waals surface area (Å²) in [4.78, 5) is 26.0. The third-order valence-corrected chi connectivity index (χ3v) is 4.47. The first kappa shape index (κ1) is 16.0. The van der Waals surface area contributed by atoms with E-state index in [1.165, 1.54) is 0 Å². The second-order valence-electron chi connectivity index (χ2n) is 5.65. The van der Waals surface area contributed by atoms with Gasteiger partial charge < -0.3 is 19.5 Å². The summed E-state index contributed by atoms with van der Waals surface area (Å²) in [6.07, 6.45) is 4.72. The van der Waals surface area contributed by atoms with E-state index in [0.717, 1.165) is 6.42 Å². The van der Waals surface area contributed by atoms with Crippen molar-refractivity contribution in [3.63, 3.8) is 0 Å². The second kappa shape index (κ2) is 7.04. The standard InChI is InChI=1S/C15H23NO5/c1-20-7-5-16(6-8-21-2)14(17)12-10-3-4-11(9-10)13(12)15(18)19/h3-4,10-13H,5-9H2,1-2H3,(H,18,19)/t10-,11-,12-,13+/m0/s1. The molecule has 6 heteroatoms. The van der Waals surface area contributed by atoms with Gasteiger partial charge in [-0.1, -0.05) is 12.2 Å². The van der Waals surface area contributed by atoms with Crippen LogP contribution >= 0.6 is 0 Å². The minimum Gasteiger partial charge on any atom is -0.481 e. The molecule has 118 valence electrons. The number of ether oxygens (including phenoxy) is 2. The Morgan fingerprint density at radius 3 is 2.10 bits per heavy atom. The molecule has 2 aliphatic rings. The molecular weight excluding hydrogens is 274 g/mol. The van der Waals surface area contributed by atoms with Crippen molar-refractivity contribution in [1.82, 2.24) is 4.90 Å². The van der Waals surface area contributed by atoms with Gasteiger partial charge in [-0.15, -0.1) is 0 Å². The molecule has 21 heavy (non-hydrogen) atoms. The highest BCUT2D eigenvalue weighted by atomic mass is 16.5. The molecule has 0 heterocycles. The molecule has 0 spiro atoms. The van der Waals surface area contributed by atoms with E-state index in [-0.39, 0.29) is 17.7 Å². The SMILES string of the molecule is COCCN(CCOC)C(=O)[C@@H]1[C@H](C(=O)O)[C@H]2C=C[C@H]1C2. The van der Waals surface area contributed by atoms with Crippen LogP contribution in [0.25, 0.3) is 0 Å². The highest BCUT2D eigenvalue weighted by molar-refractivity contribution is 5.87. The van der Waals surface area contributed by atoms with Crippen LogP contribution in [0.5, 0.6) is 0 Å². The lowest BCUT2D eigenvalue weighted by Gasteiger charge is -2.30. The molecule has 0 aliphatic heterocycles. The van der Waals surface area contributed by atoms with Gasteiger partial charge in [-0.3, -0.25) is 9.59 Å². The molecule has 0 aromatic carbocycles. The van der Waals surface area contributed by atoms with Crippen molar-refractivity contribution in [2.75, 3.05) is 40.5 Å². The molecule has 2 rings (SSSR count). The Bertz CT molecular complexity index is 414. The van der Waals surface area contributed by atoms with Crippen LogP contribution in [0.2, 0.25) is 0 Å². The van der Waals surface area contributed by atoms with E-state index in [2.05, 4.69) is 0 Å². The zero-order chi connectivity index (χ0) is 15.4. The van der Waals surface area contributed by atoms with Crippen LogP contribution in [0, 0.1) is 23.7 Å². The zero-order valence-electron chi connectivity index (χ0n) is 12.5. The molecule has 0 saturated heterocycles. The lowest BCUT2D eigenvalue weighted by atomic mass is 9.82. The van der Waals surface area contributed by atoms with E-state index >= 15 is 0 Å². The largest absolute Gasteiger partial charge is 0.481 e. The number of allylic oxidation sites excluding steroid dienone is 2. The number of fused-ring (bicyclic) bond motifs is 2. The second-order valence-corrected chi connectivity index (χ2v) is 5.65. The smallest absolute Gasteiger partial charge is 0.307 e. The van der Waals surface area contributed by atoms with Crippen molar-refractivity contribution >= 4 is 11.9 Å². The fourth-order valence-corrected chi connectivity index (χ4v) is 3.44. The number of hydrogen-bond acceptors (Lipinski definition) is 4. The van der Waals surface area contributed by atoms with Gasteiger partial charge in [0.05, 0.1) is 25.0 Å². The molecule has 6 nitrogen and oxygen atoms in total. The van der Waals surface area contributed by atoms with Gasteiger partial charge in [0.15, 0.2) is 0 Å². The van der Waals surface area contributed by atoms with Gasteiger partial charge in [0, 0.05) is 27.3 Å². The lowest BCUT2D eigenvalue weighted by molar-refractivity contribution is -0.151. The number of carbonyl (C=O) groups is 2. The molecular formula is C15H23NO5. The Hall–Kier alpha value is -1.40.